The van der Waals surface area contributed by atoms with Crippen molar-refractivity contribution in [1.82, 2.24) is 4.57 Å². The van der Waals surface area contributed by atoms with E-state index in [1.165, 1.54) is 13.8 Å². The molecule has 0 amide bonds. The van der Waals surface area contributed by atoms with Gasteiger partial charge in [0.15, 0.2) is 24.5 Å². The van der Waals surface area contributed by atoms with E-state index in [0.717, 1.165) is 44.4 Å². The average molecular weight is 535 g/mol. The van der Waals surface area contributed by atoms with Crippen molar-refractivity contribution in [2.24, 2.45) is 0 Å². The molecule has 0 N–H and O–H groups in total. The normalized spacial score (nSPS) is 25.0. The molecular formula is C25H30N2O9S. The molecule has 0 saturated carbocycles. The summed E-state index contributed by atoms with van der Waals surface area (Å²) in [7, 11) is 0. The molecule has 5 atom stereocenters. The maximum absolute atomic E-state index is 12.2. The summed E-state index contributed by atoms with van der Waals surface area (Å²) >= 11 is 5.68. The highest BCUT2D eigenvalue weighted by Gasteiger charge is 2.53. The van der Waals surface area contributed by atoms with Crippen molar-refractivity contribution in [3.05, 3.63) is 27.5 Å². The molecule has 1 aromatic rings. The molecular weight excluding hydrogens is 504 g/mol. The molecule has 2 heterocycles. The lowest BCUT2D eigenvalue weighted by Crippen LogP contribution is -2.60. The number of esters is 4. The maximum Gasteiger partial charge on any atom is 0.303 e. The van der Waals surface area contributed by atoms with Crippen molar-refractivity contribution in [2.45, 2.75) is 90.4 Å². The lowest BCUT2D eigenvalue weighted by atomic mass is 9.96. The third-order valence-electron chi connectivity index (χ3n) is 6.13. The fraction of sp³-hybridized carbons (Fsp3) is 0.600. The van der Waals surface area contributed by atoms with E-state index in [4.69, 9.17) is 35.9 Å². The first kappa shape index (κ1) is 28.3. The van der Waals surface area contributed by atoms with E-state index in [0.29, 0.717) is 12.8 Å². The monoisotopic (exact) mass is 534 g/mol. The van der Waals surface area contributed by atoms with Crippen LogP contribution in [0.1, 0.15) is 70.0 Å². The Bertz CT molecular complexity index is 1170. The molecule has 1 aliphatic heterocycles. The van der Waals surface area contributed by atoms with Gasteiger partial charge in [-0.25, -0.2) is 0 Å². The van der Waals surface area contributed by atoms with E-state index < -0.39 is 54.5 Å². The molecule has 0 unspecified atom stereocenters. The van der Waals surface area contributed by atoms with Crippen molar-refractivity contribution in [3.8, 4) is 6.07 Å². The lowest BCUT2D eigenvalue weighted by molar-refractivity contribution is -0.269. The second-order valence-corrected chi connectivity index (χ2v) is 9.35. The average Bonchev–Trinajstić information content (AvgIpc) is 3.05. The van der Waals surface area contributed by atoms with Crippen molar-refractivity contribution in [1.29, 1.82) is 5.26 Å². The Hall–Kier alpha value is -3.30. The summed E-state index contributed by atoms with van der Waals surface area (Å²) in [6, 6.07) is 3.89. The third kappa shape index (κ3) is 6.72. The van der Waals surface area contributed by atoms with Crippen molar-refractivity contribution < 1.29 is 42.9 Å². The Morgan fingerprint density at radius 2 is 1.54 bits per heavy atom. The number of nitriles is 1. The fourth-order valence-corrected chi connectivity index (χ4v) is 5.09. The Labute approximate surface area is 219 Å². The number of ether oxygens (including phenoxy) is 5. The molecule has 1 saturated heterocycles. The molecule has 11 nitrogen and oxygen atoms in total. The van der Waals surface area contributed by atoms with E-state index in [-0.39, 0.29) is 16.8 Å². The van der Waals surface area contributed by atoms with Crippen LogP contribution in [-0.2, 0) is 55.7 Å². The van der Waals surface area contributed by atoms with Crippen LogP contribution < -0.4 is 0 Å². The van der Waals surface area contributed by atoms with Crippen LogP contribution in [0.4, 0.5) is 0 Å². The maximum atomic E-state index is 12.2. The standard InChI is InChI=1S/C25H30N2O9S/c1-13(28)32-12-20-21(33-14(2)29)22(34-15(3)30)23(35-16(4)31)24(36-20)27-19-9-7-5-6-8-17(19)10-18(11-26)25(27)37/h10,20-24H,5-9,12H2,1-4H3/t20-,21-,22+,23+,24-/m1/s1. The Morgan fingerprint density at radius 1 is 0.946 bits per heavy atom. The SMILES string of the molecule is CC(=O)OC[C@H]1O[C@@H](n2c3c(cc(C#N)c2=S)CCCCC3)[C@@H](OC(C)=O)[C@@H](OC(C)=O)[C@@H]1OC(C)=O. The fourth-order valence-electron chi connectivity index (χ4n) is 4.77. The zero-order chi connectivity index (χ0) is 27.3. The van der Waals surface area contributed by atoms with E-state index in [1.54, 1.807) is 10.6 Å². The van der Waals surface area contributed by atoms with E-state index >= 15 is 0 Å². The van der Waals surface area contributed by atoms with Gasteiger partial charge in [-0.2, -0.15) is 5.26 Å². The predicted octanol–water partition coefficient (Wildman–Crippen LogP) is 2.61. The summed E-state index contributed by atoms with van der Waals surface area (Å²) in [5.41, 5.74) is 1.96. The summed E-state index contributed by atoms with van der Waals surface area (Å²) in [6.07, 6.45) is -2.08. The first-order valence-corrected chi connectivity index (χ1v) is 12.4. The molecule has 2 aliphatic rings. The minimum atomic E-state index is -1.32. The zero-order valence-electron chi connectivity index (χ0n) is 21.2. The molecule has 1 aliphatic carbocycles. The van der Waals surface area contributed by atoms with Crippen molar-refractivity contribution in [2.75, 3.05) is 6.61 Å². The molecule has 0 bridgehead atoms. The van der Waals surface area contributed by atoms with Crippen LogP contribution >= 0.6 is 12.2 Å². The van der Waals surface area contributed by atoms with Gasteiger partial charge in [0.05, 0.1) is 5.56 Å². The number of pyridine rings is 1. The molecule has 1 aromatic heterocycles. The van der Waals surface area contributed by atoms with Crippen LogP contribution in [0.5, 0.6) is 0 Å². The minimum absolute atomic E-state index is 0.157. The Morgan fingerprint density at radius 3 is 2.14 bits per heavy atom. The molecule has 37 heavy (non-hydrogen) atoms. The van der Waals surface area contributed by atoms with E-state index in [2.05, 4.69) is 6.07 Å². The van der Waals surface area contributed by atoms with Crippen LogP contribution in [0.2, 0.25) is 0 Å². The van der Waals surface area contributed by atoms with Gasteiger partial charge in [-0.15, -0.1) is 0 Å². The van der Waals surface area contributed by atoms with E-state index in [9.17, 15) is 24.4 Å². The highest BCUT2D eigenvalue weighted by molar-refractivity contribution is 7.71. The number of fused-ring (bicyclic) bond motifs is 1. The first-order chi connectivity index (χ1) is 17.5. The first-order valence-electron chi connectivity index (χ1n) is 12.0. The molecule has 3 rings (SSSR count). The van der Waals surface area contributed by atoms with Gasteiger partial charge in [0.2, 0.25) is 0 Å². The second-order valence-electron chi connectivity index (χ2n) is 8.97. The number of rotatable bonds is 6. The zero-order valence-corrected chi connectivity index (χ0v) is 22.0. The van der Waals surface area contributed by atoms with Crippen LogP contribution in [0, 0.1) is 16.0 Å². The van der Waals surface area contributed by atoms with Crippen molar-refractivity contribution >= 4 is 36.1 Å². The number of carbonyl (C=O) groups excluding carboxylic acids is 4. The van der Waals surface area contributed by atoms with Crippen LogP contribution in [0.15, 0.2) is 6.07 Å². The van der Waals surface area contributed by atoms with Gasteiger partial charge < -0.3 is 28.3 Å². The molecule has 12 heteroatoms. The highest BCUT2D eigenvalue weighted by Crippen LogP contribution is 2.37. The Kier molecular flexibility index (Phi) is 9.39. The molecule has 200 valence electrons. The summed E-state index contributed by atoms with van der Waals surface area (Å²) < 4.78 is 29.9. The summed E-state index contributed by atoms with van der Waals surface area (Å²) in [5, 5.41) is 9.79. The number of carbonyl (C=O) groups is 4. The summed E-state index contributed by atoms with van der Waals surface area (Å²) in [5.74, 6) is -2.75. The van der Waals surface area contributed by atoms with Crippen LogP contribution in [-0.4, -0.2) is 59.5 Å². The molecule has 0 spiro atoms. The molecule has 0 radical (unpaired) electrons. The van der Waals surface area contributed by atoms with Gasteiger partial charge in [0, 0.05) is 33.4 Å². The molecule has 1 fully saturated rings. The topological polar surface area (TPSA) is 143 Å². The summed E-state index contributed by atoms with van der Waals surface area (Å²) in [6.45, 7) is 4.36. The number of aryl methyl sites for hydroxylation is 1. The van der Waals surface area contributed by atoms with Gasteiger partial charge in [0.1, 0.15) is 23.4 Å². The van der Waals surface area contributed by atoms with Gasteiger partial charge in [-0.05, 0) is 37.3 Å². The van der Waals surface area contributed by atoms with Crippen molar-refractivity contribution in [3.63, 3.8) is 0 Å². The molecule has 0 aromatic carbocycles. The van der Waals surface area contributed by atoms with Gasteiger partial charge in [-0.1, -0.05) is 18.6 Å². The van der Waals surface area contributed by atoms with Crippen LogP contribution in [0.25, 0.3) is 0 Å². The number of hydrogen-bond acceptors (Lipinski definition) is 11. The predicted molar refractivity (Wildman–Crippen MR) is 128 cm³/mol. The number of nitrogens with zero attached hydrogens (tertiary/aromatic N) is 2. The minimum Gasteiger partial charge on any atom is -0.463 e. The smallest absolute Gasteiger partial charge is 0.303 e. The Balaban J connectivity index is 2.25. The quantitative estimate of drug-likeness (QED) is 0.230. The summed E-state index contributed by atoms with van der Waals surface area (Å²) in [4.78, 5) is 47.9. The third-order valence-corrected chi connectivity index (χ3v) is 6.55. The van der Waals surface area contributed by atoms with Gasteiger partial charge in [-0.3, -0.25) is 19.2 Å². The van der Waals surface area contributed by atoms with Crippen LogP contribution in [0.3, 0.4) is 0 Å². The van der Waals surface area contributed by atoms with Gasteiger partial charge >= 0.3 is 23.9 Å². The van der Waals surface area contributed by atoms with Gasteiger partial charge in [0.25, 0.3) is 0 Å². The number of hydrogen-bond donors (Lipinski definition) is 0. The number of aromatic nitrogens is 1. The highest BCUT2D eigenvalue weighted by atomic mass is 32.1. The lowest BCUT2D eigenvalue weighted by Gasteiger charge is -2.45. The largest absolute Gasteiger partial charge is 0.463 e. The van der Waals surface area contributed by atoms with E-state index in [1.807, 2.05) is 0 Å². The second kappa shape index (κ2) is 12.3.